The zero-order valence-electron chi connectivity index (χ0n) is 16.1. The van der Waals surface area contributed by atoms with Gasteiger partial charge in [0.15, 0.2) is 0 Å². The zero-order valence-corrected chi connectivity index (χ0v) is 16.9. The number of ether oxygens (including phenoxy) is 1. The molecule has 29 heavy (non-hydrogen) atoms. The molecule has 7 nitrogen and oxygen atoms in total. The molecule has 1 amide bonds. The van der Waals surface area contributed by atoms with Crippen LogP contribution in [-0.2, 0) is 21.2 Å². The molecule has 0 spiro atoms. The summed E-state index contributed by atoms with van der Waals surface area (Å²) in [6.07, 6.45) is 0.818. The fourth-order valence-corrected chi connectivity index (χ4v) is 4.39. The average Bonchev–Trinajstić information content (AvgIpc) is 3.11. The van der Waals surface area contributed by atoms with Crippen molar-refractivity contribution in [1.29, 1.82) is 0 Å². The number of morpholine rings is 1. The van der Waals surface area contributed by atoms with Crippen molar-refractivity contribution >= 4 is 32.6 Å². The number of hydrogen-bond donors (Lipinski definition) is 1. The Morgan fingerprint density at radius 2 is 1.76 bits per heavy atom. The predicted octanol–water partition coefficient (Wildman–Crippen LogP) is 3.27. The molecule has 1 N–H and O–H groups in total. The lowest BCUT2D eigenvalue weighted by molar-refractivity contribution is 0.0285. The number of nitrogens with one attached hydrogen (secondary N) is 1. The van der Waals surface area contributed by atoms with Gasteiger partial charge in [-0.3, -0.25) is 9.52 Å². The summed E-state index contributed by atoms with van der Waals surface area (Å²) in [7, 11) is -3.89. The molecule has 1 saturated heterocycles. The van der Waals surface area contributed by atoms with Gasteiger partial charge in [-0.05, 0) is 36.2 Å². The largest absolute Gasteiger partial charge is 0.449 e. The van der Waals surface area contributed by atoms with E-state index in [1.165, 1.54) is 0 Å². The van der Waals surface area contributed by atoms with Crippen molar-refractivity contribution in [3.8, 4) is 0 Å². The molecular formula is C21H22N2O5S. The van der Waals surface area contributed by atoms with Crippen LogP contribution < -0.4 is 4.72 Å². The van der Waals surface area contributed by atoms with Gasteiger partial charge in [0.2, 0.25) is 5.76 Å². The monoisotopic (exact) mass is 414 g/mol. The Bertz CT molecular complexity index is 1130. The molecule has 1 fully saturated rings. The number of aryl methyl sites for hydroxylation is 1. The van der Waals surface area contributed by atoms with Crippen molar-refractivity contribution in [1.82, 2.24) is 4.90 Å². The third-order valence-corrected chi connectivity index (χ3v) is 6.33. The Kier molecular flexibility index (Phi) is 5.29. The van der Waals surface area contributed by atoms with Crippen molar-refractivity contribution in [2.75, 3.05) is 31.0 Å². The third kappa shape index (κ3) is 3.86. The smallest absolute Gasteiger partial charge is 0.291 e. The van der Waals surface area contributed by atoms with E-state index in [4.69, 9.17) is 9.15 Å². The predicted molar refractivity (Wildman–Crippen MR) is 110 cm³/mol. The van der Waals surface area contributed by atoms with Crippen LogP contribution in [-0.4, -0.2) is 45.5 Å². The van der Waals surface area contributed by atoms with Gasteiger partial charge in [0.05, 0.1) is 18.1 Å². The van der Waals surface area contributed by atoms with E-state index in [9.17, 15) is 13.2 Å². The molecule has 1 aliphatic heterocycles. The van der Waals surface area contributed by atoms with Crippen molar-refractivity contribution in [2.45, 2.75) is 18.2 Å². The highest BCUT2D eigenvalue weighted by Gasteiger charge is 2.29. The minimum atomic E-state index is -3.89. The second-order valence-electron chi connectivity index (χ2n) is 6.81. The minimum absolute atomic E-state index is 0.0122. The molecule has 1 aliphatic rings. The van der Waals surface area contributed by atoms with Crippen LogP contribution in [0, 0.1) is 0 Å². The number of anilines is 1. The number of nitrogens with zero attached hydrogens (tertiary/aromatic N) is 1. The molecule has 8 heteroatoms. The number of hydrogen-bond acceptors (Lipinski definition) is 5. The number of carbonyl (C=O) groups excluding carboxylic acids is 1. The van der Waals surface area contributed by atoms with Crippen molar-refractivity contribution in [2.24, 2.45) is 0 Å². The summed E-state index contributed by atoms with van der Waals surface area (Å²) in [6, 6.07) is 13.7. The number of carbonyl (C=O) groups is 1. The van der Waals surface area contributed by atoms with Crippen LogP contribution in [0.3, 0.4) is 0 Å². The van der Waals surface area contributed by atoms with Gasteiger partial charge in [-0.25, -0.2) is 8.42 Å². The molecule has 0 bridgehead atoms. The fourth-order valence-electron chi connectivity index (χ4n) is 3.31. The van der Waals surface area contributed by atoms with Crippen molar-refractivity contribution in [3.05, 3.63) is 59.9 Å². The van der Waals surface area contributed by atoms with E-state index in [1.54, 1.807) is 53.4 Å². The molecule has 2 aromatic carbocycles. The first-order valence-corrected chi connectivity index (χ1v) is 11.0. The Labute approximate surface area is 169 Å². The van der Waals surface area contributed by atoms with E-state index in [-0.39, 0.29) is 22.3 Å². The lowest BCUT2D eigenvalue weighted by Gasteiger charge is -2.26. The van der Waals surface area contributed by atoms with Gasteiger partial charge in [-0.2, -0.15) is 0 Å². The summed E-state index contributed by atoms with van der Waals surface area (Å²) in [5.41, 5.74) is 1.65. The molecule has 3 aromatic rings. The van der Waals surface area contributed by atoms with Gasteiger partial charge in [-0.1, -0.05) is 31.2 Å². The molecule has 0 saturated carbocycles. The van der Waals surface area contributed by atoms with Crippen LogP contribution in [0.25, 0.3) is 11.0 Å². The summed E-state index contributed by atoms with van der Waals surface area (Å²) in [5.74, 6) is -0.370. The summed E-state index contributed by atoms with van der Waals surface area (Å²) < 4.78 is 39.6. The van der Waals surface area contributed by atoms with E-state index in [0.29, 0.717) is 37.3 Å². The zero-order chi connectivity index (χ0) is 20.4. The lowest BCUT2D eigenvalue weighted by atomic mass is 10.2. The van der Waals surface area contributed by atoms with Gasteiger partial charge in [0.25, 0.3) is 15.9 Å². The number of sulfonamides is 1. The quantitative estimate of drug-likeness (QED) is 0.692. The SMILES string of the molecule is CCc1ccc(S(=O)(=O)Nc2c(C(=O)N3CCOCC3)oc3ccccc23)cc1. The number of fused-ring (bicyclic) bond motifs is 1. The molecular weight excluding hydrogens is 392 g/mol. The van der Waals surface area contributed by atoms with Crippen LogP contribution in [0.5, 0.6) is 0 Å². The molecule has 152 valence electrons. The second kappa shape index (κ2) is 7.88. The summed E-state index contributed by atoms with van der Waals surface area (Å²) in [4.78, 5) is 14.8. The highest BCUT2D eigenvalue weighted by atomic mass is 32.2. The molecule has 0 aliphatic carbocycles. The average molecular weight is 414 g/mol. The van der Waals surface area contributed by atoms with E-state index in [2.05, 4.69) is 4.72 Å². The summed E-state index contributed by atoms with van der Waals surface area (Å²) >= 11 is 0. The highest BCUT2D eigenvalue weighted by Crippen LogP contribution is 2.33. The van der Waals surface area contributed by atoms with Gasteiger partial charge < -0.3 is 14.1 Å². The van der Waals surface area contributed by atoms with Gasteiger partial charge in [-0.15, -0.1) is 0 Å². The minimum Gasteiger partial charge on any atom is -0.449 e. The van der Waals surface area contributed by atoms with Crippen LogP contribution in [0.4, 0.5) is 5.69 Å². The van der Waals surface area contributed by atoms with Gasteiger partial charge in [0.1, 0.15) is 11.3 Å². The first-order valence-electron chi connectivity index (χ1n) is 9.50. The maximum absolute atomic E-state index is 13.0. The normalized spacial score (nSPS) is 14.9. The van der Waals surface area contributed by atoms with Crippen molar-refractivity contribution in [3.63, 3.8) is 0 Å². The first kappa shape index (κ1) is 19.5. The highest BCUT2D eigenvalue weighted by molar-refractivity contribution is 7.92. The van der Waals surface area contributed by atoms with Crippen LogP contribution in [0.15, 0.2) is 57.8 Å². The summed E-state index contributed by atoms with van der Waals surface area (Å²) in [5, 5.41) is 0.540. The molecule has 0 radical (unpaired) electrons. The molecule has 2 heterocycles. The van der Waals surface area contributed by atoms with E-state index >= 15 is 0 Å². The van der Waals surface area contributed by atoms with E-state index < -0.39 is 10.0 Å². The molecule has 0 atom stereocenters. The number of benzene rings is 2. The molecule has 1 aromatic heterocycles. The first-order chi connectivity index (χ1) is 14.0. The summed E-state index contributed by atoms with van der Waals surface area (Å²) in [6.45, 7) is 3.75. The number of para-hydroxylation sites is 1. The Morgan fingerprint density at radius 3 is 2.45 bits per heavy atom. The Balaban J connectivity index is 1.74. The maximum atomic E-state index is 13.0. The van der Waals surface area contributed by atoms with Crippen LogP contribution in [0.2, 0.25) is 0 Å². The molecule has 4 rings (SSSR count). The standard InChI is InChI=1S/C21H22N2O5S/c1-2-15-7-9-16(10-8-15)29(25,26)22-19-17-5-3-4-6-18(17)28-20(19)21(24)23-11-13-27-14-12-23/h3-10,22H,2,11-14H2,1H3. The molecule has 0 unspecified atom stereocenters. The van der Waals surface area contributed by atoms with E-state index in [1.807, 2.05) is 6.92 Å². The number of rotatable bonds is 5. The lowest BCUT2D eigenvalue weighted by Crippen LogP contribution is -2.40. The maximum Gasteiger partial charge on any atom is 0.291 e. The van der Waals surface area contributed by atoms with Gasteiger partial charge in [0, 0.05) is 18.5 Å². The Hall–Kier alpha value is -2.84. The van der Waals surface area contributed by atoms with Gasteiger partial charge >= 0.3 is 0 Å². The van der Waals surface area contributed by atoms with E-state index in [0.717, 1.165) is 12.0 Å². The topological polar surface area (TPSA) is 88.9 Å². The second-order valence-corrected chi connectivity index (χ2v) is 8.49. The van der Waals surface area contributed by atoms with Crippen LogP contribution >= 0.6 is 0 Å². The fraction of sp³-hybridized carbons (Fsp3) is 0.286. The van der Waals surface area contributed by atoms with Crippen LogP contribution in [0.1, 0.15) is 23.0 Å². The Morgan fingerprint density at radius 1 is 1.07 bits per heavy atom. The van der Waals surface area contributed by atoms with Crippen molar-refractivity contribution < 1.29 is 22.4 Å². The third-order valence-electron chi connectivity index (χ3n) is 4.97. The number of amides is 1. The number of furan rings is 1.